The number of carbonyl (C=O) groups excluding carboxylic acids is 1. The van der Waals surface area contributed by atoms with Crippen molar-refractivity contribution < 1.29 is 4.79 Å². The van der Waals surface area contributed by atoms with Gasteiger partial charge in [-0.25, -0.2) is 9.36 Å². The fraction of sp³-hybridized carbons (Fsp3) is 0.364. The van der Waals surface area contributed by atoms with Crippen molar-refractivity contribution in [2.45, 2.75) is 19.8 Å². The Morgan fingerprint density at radius 2 is 2.22 bits per heavy atom. The van der Waals surface area contributed by atoms with Crippen LogP contribution in [0.2, 0.25) is 0 Å². The highest BCUT2D eigenvalue weighted by Gasteiger charge is 2.16. The molecule has 0 aromatic carbocycles. The van der Waals surface area contributed by atoms with Gasteiger partial charge in [-0.3, -0.25) is 4.79 Å². The van der Waals surface area contributed by atoms with Gasteiger partial charge in [0.2, 0.25) is 0 Å². The summed E-state index contributed by atoms with van der Waals surface area (Å²) >= 11 is 0. The van der Waals surface area contributed by atoms with E-state index in [1.165, 1.54) is 10.9 Å². The number of amides is 1. The fourth-order valence-electron chi connectivity index (χ4n) is 1.84. The lowest BCUT2D eigenvalue weighted by atomic mass is 10.2. The van der Waals surface area contributed by atoms with Crippen molar-refractivity contribution in [3.63, 3.8) is 0 Å². The summed E-state index contributed by atoms with van der Waals surface area (Å²) in [6.45, 7) is 2.06. The molecule has 0 unspecified atom stereocenters. The van der Waals surface area contributed by atoms with Crippen molar-refractivity contribution in [3.05, 3.63) is 23.7 Å². The lowest BCUT2D eigenvalue weighted by Crippen LogP contribution is -2.10. The summed E-state index contributed by atoms with van der Waals surface area (Å²) in [6.07, 6.45) is 4.73. The van der Waals surface area contributed by atoms with Crippen LogP contribution in [0.4, 0.5) is 5.69 Å². The van der Waals surface area contributed by atoms with Crippen LogP contribution in [0.25, 0.3) is 5.82 Å². The topological polar surface area (TPSA) is 105 Å². The number of rotatable bonds is 4. The first-order valence-corrected chi connectivity index (χ1v) is 5.70. The number of aryl methyl sites for hydroxylation is 2. The van der Waals surface area contributed by atoms with Gasteiger partial charge in [-0.2, -0.15) is 10.2 Å². The minimum Gasteiger partial charge on any atom is -0.394 e. The molecular weight excluding hydrogens is 232 g/mol. The molecule has 0 fully saturated rings. The van der Waals surface area contributed by atoms with Crippen molar-refractivity contribution in [1.29, 1.82) is 0 Å². The first-order chi connectivity index (χ1) is 8.54. The Morgan fingerprint density at radius 3 is 2.78 bits per heavy atom. The fourth-order valence-corrected chi connectivity index (χ4v) is 1.84. The van der Waals surface area contributed by atoms with Crippen LogP contribution >= 0.6 is 0 Å². The highest BCUT2D eigenvalue weighted by molar-refractivity contribution is 5.92. The Labute approximate surface area is 104 Å². The summed E-state index contributed by atoms with van der Waals surface area (Å²) in [5, 5.41) is 8.42. The van der Waals surface area contributed by atoms with Crippen molar-refractivity contribution in [1.82, 2.24) is 19.6 Å². The number of anilines is 1. The highest BCUT2D eigenvalue weighted by Crippen LogP contribution is 2.21. The average molecular weight is 248 g/mol. The third-order valence-electron chi connectivity index (χ3n) is 2.70. The standard InChI is InChI=1S/C11H16N6O/c1-3-4-8-9(12)11(16(2)15-8)17-6-7(5-14-17)10(13)18/h5-6H,3-4,12H2,1-2H3,(H2,13,18). The van der Waals surface area contributed by atoms with Gasteiger partial charge in [0.25, 0.3) is 5.91 Å². The molecule has 0 radical (unpaired) electrons. The van der Waals surface area contributed by atoms with E-state index in [0.717, 1.165) is 18.5 Å². The number of nitrogen functional groups attached to an aromatic ring is 1. The van der Waals surface area contributed by atoms with Crippen LogP contribution in [0.15, 0.2) is 12.4 Å². The van der Waals surface area contributed by atoms with Crippen molar-refractivity contribution in [3.8, 4) is 5.82 Å². The van der Waals surface area contributed by atoms with Crippen molar-refractivity contribution >= 4 is 11.6 Å². The molecule has 2 aromatic heterocycles. The Kier molecular flexibility index (Phi) is 3.05. The molecule has 7 nitrogen and oxygen atoms in total. The van der Waals surface area contributed by atoms with E-state index in [0.29, 0.717) is 17.1 Å². The van der Waals surface area contributed by atoms with E-state index in [1.54, 1.807) is 17.9 Å². The van der Waals surface area contributed by atoms with Crippen molar-refractivity contribution in [2.75, 3.05) is 5.73 Å². The van der Waals surface area contributed by atoms with Gasteiger partial charge in [0.15, 0.2) is 5.82 Å². The van der Waals surface area contributed by atoms with Gasteiger partial charge in [-0.1, -0.05) is 13.3 Å². The molecule has 0 saturated heterocycles. The van der Waals surface area contributed by atoms with E-state index >= 15 is 0 Å². The number of carbonyl (C=O) groups is 1. The van der Waals surface area contributed by atoms with Gasteiger partial charge >= 0.3 is 0 Å². The second-order valence-electron chi connectivity index (χ2n) is 4.10. The van der Waals surface area contributed by atoms with Crippen molar-refractivity contribution in [2.24, 2.45) is 12.8 Å². The van der Waals surface area contributed by atoms with E-state index in [1.807, 2.05) is 0 Å². The summed E-state index contributed by atoms with van der Waals surface area (Å²) in [6, 6.07) is 0. The Balaban J connectivity index is 2.46. The molecule has 96 valence electrons. The summed E-state index contributed by atoms with van der Waals surface area (Å²) in [5.74, 6) is 0.127. The van der Waals surface area contributed by atoms with Gasteiger partial charge in [-0.15, -0.1) is 0 Å². The quantitative estimate of drug-likeness (QED) is 0.808. The smallest absolute Gasteiger partial charge is 0.251 e. The van der Waals surface area contributed by atoms with Crippen LogP contribution in [-0.4, -0.2) is 25.5 Å². The van der Waals surface area contributed by atoms with E-state index in [9.17, 15) is 4.79 Å². The van der Waals surface area contributed by atoms with Crippen LogP contribution in [0.1, 0.15) is 29.4 Å². The lowest BCUT2D eigenvalue weighted by Gasteiger charge is -2.02. The molecule has 7 heteroatoms. The molecule has 18 heavy (non-hydrogen) atoms. The zero-order valence-electron chi connectivity index (χ0n) is 10.4. The van der Waals surface area contributed by atoms with E-state index < -0.39 is 5.91 Å². The normalized spacial score (nSPS) is 10.8. The number of hydrogen-bond donors (Lipinski definition) is 2. The van der Waals surface area contributed by atoms with E-state index in [-0.39, 0.29) is 0 Å². The molecule has 0 saturated carbocycles. The Bertz CT molecular complexity index is 582. The number of nitrogens with two attached hydrogens (primary N) is 2. The number of primary amides is 1. The van der Waals surface area contributed by atoms with Crippen LogP contribution in [-0.2, 0) is 13.5 Å². The minimum atomic E-state index is -0.518. The number of hydrogen-bond acceptors (Lipinski definition) is 4. The first kappa shape index (κ1) is 12.2. The molecule has 1 amide bonds. The third kappa shape index (κ3) is 1.94. The van der Waals surface area contributed by atoms with Gasteiger partial charge in [0, 0.05) is 13.2 Å². The Hall–Kier alpha value is -2.31. The van der Waals surface area contributed by atoms with Crippen LogP contribution in [0.3, 0.4) is 0 Å². The second-order valence-corrected chi connectivity index (χ2v) is 4.10. The summed E-state index contributed by atoms with van der Waals surface area (Å²) < 4.78 is 3.17. The molecule has 0 spiro atoms. The zero-order chi connectivity index (χ0) is 13.3. The SMILES string of the molecule is CCCc1nn(C)c(-n2cc(C(N)=O)cn2)c1N. The molecule has 0 atom stereocenters. The number of aromatic nitrogens is 4. The second kappa shape index (κ2) is 4.52. The first-order valence-electron chi connectivity index (χ1n) is 5.70. The average Bonchev–Trinajstić information content (AvgIpc) is 2.86. The molecule has 2 rings (SSSR count). The van der Waals surface area contributed by atoms with Gasteiger partial charge in [0.05, 0.1) is 17.5 Å². The summed E-state index contributed by atoms with van der Waals surface area (Å²) in [4.78, 5) is 11.0. The number of nitrogens with zero attached hydrogens (tertiary/aromatic N) is 4. The summed E-state index contributed by atoms with van der Waals surface area (Å²) in [5.41, 5.74) is 13.0. The van der Waals surface area contributed by atoms with Gasteiger partial charge in [-0.05, 0) is 6.42 Å². The van der Waals surface area contributed by atoms with Crippen LogP contribution in [0.5, 0.6) is 0 Å². The predicted molar refractivity (Wildman–Crippen MR) is 67.3 cm³/mol. The molecular formula is C11H16N6O. The maximum absolute atomic E-state index is 11.0. The zero-order valence-corrected chi connectivity index (χ0v) is 10.4. The highest BCUT2D eigenvalue weighted by atomic mass is 16.1. The maximum Gasteiger partial charge on any atom is 0.251 e. The molecule has 2 aromatic rings. The van der Waals surface area contributed by atoms with Gasteiger partial charge in [0.1, 0.15) is 5.69 Å². The predicted octanol–water partition coefficient (Wildman–Crippen LogP) is 0.239. The third-order valence-corrected chi connectivity index (χ3v) is 2.70. The van der Waals surface area contributed by atoms with Gasteiger partial charge < -0.3 is 11.5 Å². The largest absolute Gasteiger partial charge is 0.394 e. The van der Waals surface area contributed by atoms with E-state index in [4.69, 9.17) is 11.5 Å². The van der Waals surface area contributed by atoms with Crippen LogP contribution in [0, 0.1) is 0 Å². The molecule has 0 bridgehead atoms. The maximum atomic E-state index is 11.0. The molecule has 0 aliphatic rings. The molecule has 4 N–H and O–H groups in total. The van der Waals surface area contributed by atoms with E-state index in [2.05, 4.69) is 17.1 Å². The Morgan fingerprint density at radius 1 is 1.50 bits per heavy atom. The monoisotopic (exact) mass is 248 g/mol. The molecule has 0 aliphatic carbocycles. The lowest BCUT2D eigenvalue weighted by molar-refractivity contribution is 0.100. The molecule has 2 heterocycles. The summed E-state index contributed by atoms with van der Waals surface area (Å²) in [7, 11) is 1.79. The van der Waals surface area contributed by atoms with Crippen LogP contribution < -0.4 is 11.5 Å². The minimum absolute atomic E-state index is 0.340. The molecule has 0 aliphatic heterocycles.